The summed E-state index contributed by atoms with van der Waals surface area (Å²) >= 11 is 0. The van der Waals surface area contributed by atoms with E-state index in [1.54, 1.807) is 0 Å². The molecular formula is C11H21N3O. The van der Waals surface area contributed by atoms with Gasteiger partial charge in [0.15, 0.2) is 0 Å². The first-order chi connectivity index (χ1) is 7.24. The van der Waals surface area contributed by atoms with E-state index < -0.39 is 0 Å². The van der Waals surface area contributed by atoms with Crippen LogP contribution in [0.2, 0.25) is 0 Å². The summed E-state index contributed by atoms with van der Waals surface area (Å²) in [5.41, 5.74) is 5.14. The first-order valence-electron chi connectivity index (χ1n) is 5.97. The van der Waals surface area contributed by atoms with Gasteiger partial charge >= 0.3 is 0 Å². The molecule has 2 rings (SSSR count). The fourth-order valence-electron chi connectivity index (χ4n) is 2.13. The van der Waals surface area contributed by atoms with E-state index in [9.17, 15) is 4.79 Å². The van der Waals surface area contributed by atoms with Gasteiger partial charge in [0.1, 0.15) is 0 Å². The zero-order valence-corrected chi connectivity index (χ0v) is 9.32. The highest BCUT2D eigenvalue weighted by atomic mass is 16.1. The summed E-state index contributed by atoms with van der Waals surface area (Å²) in [5, 5.41) is 0. The fourth-order valence-corrected chi connectivity index (χ4v) is 2.13. The minimum Gasteiger partial charge on any atom is -0.370 e. The van der Waals surface area contributed by atoms with Crippen LogP contribution in [0.5, 0.6) is 0 Å². The third-order valence-electron chi connectivity index (χ3n) is 3.35. The summed E-state index contributed by atoms with van der Waals surface area (Å²) in [6, 6.07) is 0. The van der Waals surface area contributed by atoms with E-state index in [0.717, 1.165) is 38.6 Å². The molecule has 0 bridgehead atoms. The molecule has 0 spiro atoms. The molecule has 4 heteroatoms. The summed E-state index contributed by atoms with van der Waals surface area (Å²) < 4.78 is 0. The van der Waals surface area contributed by atoms with E-state index in [4.69, 9.17) is 5.73 Å². The summed E-state index contributed by atoms with van der Waals surface area (Å²) in [4.78, 5) is 15.5. The van der Waals surface area contributed by atoms with Crippen LogP contribution >= 0.6 is 0 Å². The number of hydrogen-bond acceptors (Lipinski definition) is 3. The lowest BCUT2D eigenvalue weighted by Gasteiger charge is -2.34. The number of carbonyl (C=O) groups excluding carboxylic acids is 1. The highest BCUT2D eigenvalue weighted by molar-refractivity contribution is 5.73. The molecule has 2 aliphatic rings. The quantitative estimate of drug-likeness (QED) is 0.690. The second-order valence-electron chi connectivity index (χ2n) is 4.80. The van der Waals surface area contributed by atoms with Crippen molar-refractivity contribution in [2.45, 2.75) is 19.3 Å². The minimum atomic E-state index is -0.185. The monoisotopic (exact) mass is 211 g/mol. The number of hydrogen-bond donors (Lipinski definition) is 1. The molecule has 0 radical (unpaired) electrons. The molecule has 1 heterocycles. The molecule has 1 amide bonds. The van der Waals surface area contributed by atoms with Crippen LogP contribution < -0.4 is 5.73 Å². The first kappa shape index (κ1) is 10.9. The normalized spacial score (nSPS) is 24.3. The number of carbonyl (C=O) groups is 1. The van der Waals surface area contributed by atoms with Crippen molar-refractivity contribution in [3.8, 4) is 0 Å². The smallest absolute Gasteiger partial charge is 0.218 e. The van der Waals surface area contributed by atoms with Crippen LogP contribution in [0, 0.1) is 5.92 Å². The van der Waals surface area contributed by atoms with E-state index >= 15 is 0 Å². The van der Waals surface area contributed by atoms with Crippen molar-refractivity contribution >= 4 is 5.91 Å². The maximum absolute atomic E-state index is 10.6. The van der Waals surface area contributed by atoms with Gasteiger partial charge in [-0.15, -0.1) is 0 Å². The molecule has 0 aromatic carbocycles. The minimum absolute atomic E-state index is 0.185. The van der Waals surface area contributed by atoms with Gasteiger partial charge in [-0.1, -0.05) is 0 Å². The Kier molecular flexibility index (Phi) is 3.59. The number of amides is 1. The average molecular weight is 211 g/mol. The second-order valence-corrected chi connectivity index (χ2v) is 4.80. The van der Waals surface area contributed by atoms with Gasteiger partial charge in [-0.3, -0.25) is 4.79 Å². The van der Waals surface area contributed by atoms with E-state index in [2.05, 4.69) is 9.80 Å². The zero-order chi connectivity index (χ0) is 10.7. The van der Waals surface area contributed by atoms with Crippen molar-refractivity contribution < 1.29 is 4.79 Å². The lowest BCUT2D eigenvalue weighted by Crippen LogP contribution is -2.47. The maximum atomic E-state index is 10.6. The highest BCUT2D eigenvalue weighted by Crippen LogP contribution is 2.29. The van der Waals surface area contributed by atoms with Gasteiger partial charge in [0.2, 0.25) is 5.91 Å². The zero-order valence-electron chi connectivity index (χ0n) is 9.32. The van der Waals surface area contributed by atoms with Gasteiger partial charge in [0.25, 0.3) is 0 Å². The molecule has 0 unspecified atom stereocenters. The van der Waals surface area contributed by atoms with Crippen molar-refractivity contribution in [1.29, 1.82) is 0 Å². The SMILES string of the molecule is NC(=O)CCN1CCN(CC2CC2)CC1. The van der Waals surface area contributed by atoms with Crippen LogP contribution in [0.25, 0.3) is 0 Å². The van der Waals surface area contributed by atoms with Gasteiger partial charge in [0.05, 0.1) is 0 Å². The molecule has 2 fully saturated rings. The van der Waals surface area contributed by atoms with Crippen molar-refractivity contribution in [2.75, 3.05) is 39.3 Å². The van der Waals surface area contributed by atoms with Gasteiger partial charge in [-0.05, 0) is 18.8 Å². The number of nitrogens with zero attached hydrogens (tertiary/aromatic N) is 2. The Morgan fingerprint density at radius 1 is 1.13 bits per heavy atom. The number of nitrogens with two attached hydrogens (primary N) is 1. The third kappa shape index (κ3) is 3.80. The molecule has 86 valence electrons. The van der Waals surface area contributed by atoms with Gasteiger partial charge in [-0.2, -0.15) is 0 Å². The number of primary amides is 1. The molecule has 0 aromatic rings. The number of piperazine rings is 1. The first-order valence-corrected chi connectivity index (χ1v) is 5.97. The molecule has 15 heavy (non-hydrogen) atoms. The van der Waals surface area contributed by atoms with Crippen molar-refractivity contribution in [2.24, 2.45) is 11.7 Å². The molecule has 1 saturated carbocycles. The van der Waals surface area contributed by atoms with Gasteiger partial charge < -0.3 is 15.5 Å². The summed E-state index contributed by atoms with van der Waals surface area (Å²) in [6.07, 6.45) is 3.37. The molecule has 4 nitrogen and oxygen atoms in total. The van der Waals surface area contributed by atoms with E-state index in [0.29, 0.717) is 6.42 Å². The summed E-state index contributed by atoms with van der Waals surface area (Å²) in [6.45, 7) is 6.65. The molecule has 1 aliphatic carbocycles. The van der Waals surface area contributed by atoms with Crippen molar-refractivity contribution in [1.82, 2.24) is 9.80 Å². The van der Waals surface area contributed by atoms with E-state index in [-0.39, 0.29) is 5.91 Å². The Balaban J connectivity index is 1.60. The Labute approximate surface area is 91.4 Å². The Bertz CT molecular complexity index is 220. The van der Waals surface area contributed by atoms with E-state index in [1.807, 2.05) is 0 Å². The standard InChI is InChI=1S/C11H21N3O/c12-11(15)3-4-13-5-7-14(8-6-13)9-10-1-2-10/h10H,1-9H2,(H2,12,15). The predicted octanol–water partition coefficient (Wildman–Crippen LogP) is -0.111. The lowest BCUT2D eigenvalue weighted by atomic mass is 10.2. The Hall–Kier alpha value is -0.610. The lowest BCUT2D eigenvalue weighted by molar-refractivity contribution is -0.118. The maximum Gasteiger partial charge on any atom is 0.218 e. The largest absolute Gasteiger partial charge is 0.370 e. The average Bonchev–Trinajstić information content (AvgIpc) is 3.01. The Morgan fingerprint density at radius 2 is 1.73 bits per heavy atom. The molecule has 0 aromatic heterocycles. The molecular weight excluding hydrogens is 190 g/mol. The summed E-state index contributed by atoms with van der Waals surface area (Å²) in [5.74, 6) is 0.803. The van der Waals surface area contributed by atoms with Crippen LogP contribution in [0.3, 0.4) is 0 Å². The van der Waals surface area contributed by atoms with Crippen molar-refractivity contribution in [3.05, 3.63) is 0 Å². The van der Waals surface area contributed by atoms with Crippen LogP contribution in [-0.2, 0) is 4.79 Å². The van der Waals surface area contributed by atoms with Crippen LogP contribution in [0.4, 0.5) is 0 Å². The third-order valence-corrected chi connectivity index (χ3v) is 3.35. The van der Waals surface area contributed by atoms with Crippen LogP contribution in [-0.4, -0.2) is 55.0 Å². The molecule has 0 atom stereocenters. The van der Waals surface area contributed by atoms with Gasteiger partial charge in [0, 0.05) is 45.7 Å². The molecule has 2 N–H and O–H groups in total. The van der Waals surface area contributed by atoms with E-state index in [1.165, 1.54) is 19.4 Å². The van der Waals surface area contributed by atoms with Gasteiger partial charge in [-0.25, -0.2) is 0 Å². The fraction of sp³-hybridized carbons (Fsp3) is 0.909. The highest BCUT2D eigenvalue weighted by Gasteiger charge is 2.26. The Morgan fingerprint density at radius 3 is 2.27 bits per heavy atom. The summed E-state index contributed by atoms with van der Waals surface area (Å²) in [7, 11) is 0. The topological polar surface area (TPSA) is 49.6 Å². The van der Waals surface area contributed by atoms with Crippen molar-refractivity contribution in [3.63, 3.8) is 0 Å². The molecule has 1 aliphatic heterocycles. The van der Waals surface area contributed by atoms with Crippen LogP contribution in [0.15, 0.2) is 0 Å². The van der Waals surface area contributed by atoms with Crippen LogP contribution in [0.1, 0.15) is 19.3 Å². The molecule has 1 saturated heterocycles. The number of rotatable bonds is 5. The predicted molar refractivity (Wildman–Crippen MR) is 59.4 cm³/mol. The second kappa shape index (κ2) is 4.94.